The van der Waals surface area contributed by atoms with Crippen molar-refractivity contribution in [3.8, 4) is 0 Å². The van der Waals surface area contributed by atoms with Gasteiger partial charge in [-0.3, -0.25) is 9.59 Å². The SMILES string of the molecule is Cc1nc(C)c(CC(=O)N2CCN(c3ncnc4nc[nH]c34)CC2)c(=O)[nH]1. The molecule has 10 nitrogen and oxygen atoms in total. The number of rotatable bonds is 3. The van der Waals surface area contributed by atoms with Gasteiger partial charge in [-0.05, 0) is 13.8 Å². The van der Waals surface area contributed by atoms with Gasteiger partial charge in [0.25, 0.3) is 5.56 Å². The molecule has 3 aromatic heterocycles. The van der Waals surface area contributed by atoms with E-state index in [2.05, 4.69) is 34.8 Å². The van der Waals surface area contributed by atoms with Crippen molar-refractivity contribution in [1.82, 2.24) is 34.8 Å². The first kappa shape index (κ1) is 17.1. The van der Waals surface area contributed by atoms with E-state index in [1.807, 2.05) is 0 Å². The van der Waals surface area contributed by atoms with Crippen LogP contribution >= 0.6 is 0 Å². The molecule has 0 bridgehead atoms. The Kier molecular flexibility index (Phi) is 4.30. The molecule has 1 aliphatic rings. The minimum absolute atomic E-state index is 0.0622. The van der Waals surface area contributed by atoms with E-state index in [0.717, 1.165) is 11.3 Å². The van der Waals surface area contributed by atoms with Crippen molar-refractivity contribution in [2.45, 2.75) is 20.3 Å². The third kappa shape index (κ3) is 3.25. The van der Waals surface area contributed by atoms with Crippen LogP contribution in [0, 0.1) is 13.8 Å². The summed E-state index contributed by atoms with van der Waals surface area (Å²) < 4.78 is 0. The fourth-order valence-electron chi connectivity index (χ4n) is 3.38. The van der Waals surface area contributed by atoms with Crippen LogP contribution in [0.3, 0.4) is 0 Å². The molecule has 4 heterocycles. The van der Waals surface area contributed by atoms with Crippen molar-refractivity contribution < 1.29 is 4.79 Å². The summed E-state index contributed by atoms with van der Waals surface area (Å²) in [6, 6.07) is 0. The summed E-state index contributed by atoms with van der Waals surface area (Å²) in [7, 11) is 0. The normalized spacial score (nSPS) is 14.7. The predicted molar refractivity (Wildman–Crippen MR) is 98.5 cm³/mol. The zero-order chi connectivity index (χ0) is 19.0. The number of imidazole rings is 1. The Morgan fingerprint density at radius 1 is 1.15 bits per heavy atom. The fraction of sp³-hybridized carbons (Fsp3) is 0.412. The monoisotopic (exact) mass is 368 g/mol. The Morgan fingerprint density at radius 3 is 2.67 bits per heavy atom. The summed E-state index contributed by atoms with van der Waals surface area (Å²) in [5.41, 5.74) is 2.22. The maximum Gasteiger partial charge on any atom is 0.254 e. The highest BCUT2D eigenvalue weighted by molar-refractivity contribution is 5.83. The van der Waals surface area contributed by atoms with Gasteiger partial charge in [0.05, 0.1) is 12.7 Å². The highest BCUT2D eigenvalue weighted by Crippen LogP contribution is 2.21. The molecular weight excluding hydrogens is 348 g/mol. The van der Waals surface area contributed by atoms with Crippen LogP contribution < -0.4 is 10.5 Å². The molecule has 0 atom stereocenters. The van der Waals surface area contributed by atoms with Crippen molar-refractivity contribution in [3.05, 3.63) is 40.1 Å². The molecule has 27 heavy (non-hydrogen) atoms. The second-order valence-electron chi connectivity index (χ2n) is 6.56. The van der Waals surface area contributed by atoms with E-state index in [-0.39, 0.29) is 17.9 Å². The number of aromatic amines is 2. The van der Waals surface area contributed by atoms with Gasteiger partial charge >= 0.3 is 0 Å². The number of piperazine rings is 1. The Bertz CT molecular complexity index is 1050. The number of carbonyl (C=O) groups excluding carboxylic acids is 1. The molecule has 0 aliphatic carbocycles. The van der Waals surface area contributed by atoms with Crippen LogP contribution in [0.1, 0.15) is 17.1 Å². The minimum atomic E-state index is -0.241. The lowest BCUT2D eigenvalue weighted by Gasteiger charge is -2.35. The topological polar surface area (TPSA) is 124 Å². The number of amides is 1. The van der Waals surface area contributed by atoms with E-state index >= 15 is 0 Å². The van der Waals surface area contributed by atoms with E-state index in [0.29, 0.717) is 48.9 Å². The van der Waals surface area contributed by atoms with E-state index in [1.54, 1.807) is 25.1 Å². The Morgan fingerprint density at radius 2 is 1.93 bits per heavy atom. The number of hydrogen-bond acceptors (Lipinski definition) is 7. The summed E-state index contributed by atoms with van der Waals surface area (Å²) in [5, 5.41) is 0. The van der Waals surface area contributed by atoms with Gasteiger partial charge in [-0.25, -0.2) is 19.9 Å². The van der Waals surface area contributed by atoms with Crippen LogP contribution in [0.5, 0.6) is 0 Å². The highest BCUT2D eigenvalue weighted by Gasteiger charge is 2.24. The summed E-state index contributed by atoms with van der Waals surface area (Å²) in [6.45, 7) is 5.91. The number of H-pyrrole nitrogens is 2. The van der Waals surface area contributed by atoms with Crippen LogP contribution in [0.15, 0.2) is 17.4 Å². The molecule has 4 rings (SSSR count). The lowest BCUT2D eigenvalue weighted by atomic mass is 10.1. The largest absolute Gasteiger partial charge is 0.351 e. The molecule has 0 aromatic carbocycles. The number of aryl methyl sites for hydroxylation is 2. The summed E-state index contributed by atoms with van der Waals surface area (Å²) >= 11 is 0. The number of carbonyl (C=O) groups is 1. The average Bonchev–Trinajstić information content (AvgIpc) is 3.13. The molecule has 0 radical (unpaired) electrons. The van der Waals surface area contributed by atoms with E-state index < -0.39 is 0 Å². The standard InChI is InChI=1S/C17H20N8O2/c1-10-12(17(27)23-11(2)22-10)7-13(26)24-3-5-25(6-4-24)16-14-15(19-8-18-14)20-9-21-16/h8-9H,3-7H2,1-2H3,(H,22,23,27)(H,18,19,20,21). The van der Waals surface area contributed by atoms with Crippen molar-refractivity contribution >= 4 is 22.9 Å². The molecule has 3 aromatic rings. The maximum atomic E-state index is 12.7. The zero-order valence-corrected chi connectivity index (χ0v) is 15.2. The number of aromatic nitrogens is 6. The smallest absolute Gasteiger partial charge is 0.254 e. The van der Waals surface area contributed by atoms with Gasteiger partial charge in [-0.15, -0.1) is 0 Å². The average molecular weight is 368 g/mol. The number of hydrogen-bond donors (Lipinski definition) is 2. The number of fused-ring (bicyclic) bond motifs is 1. The van der Waals surface area contributed by atoms with Crippen molar-refractivity contribution in [2.75, 3.05) is 31.1 Å². The fourth-order valence-corrected chi connectivity index (χ4v) is 3.38. The Balaban J connectivity index is 1.44. The van der Waals surface area contributed by atoms with Crippen molar-refractivity contribution in [3.63, 3.8) is 0 Å². The van der Waals surface area contributed by atoms with Crippen LogP contribution in [0.2, 0.25) is 0 Å². The molecule has 140 valence electrons. The molecule has 1 aliphatic heterocycles. The molecule has 10 heteroatoms. The number of anilines is 1. The molecule has 1 amide bonds. The van der Waals surface area contributed by atoms with E-state index in [9.17, 15) is 9.59 Å². The molecule has 0 spiro atoms. The van der Waals surface area contributed by atoms with E-state index in [4.69, 9.17) is 0 Å². The number of nitrogens with one attached hydrogen (secondary N) is 2. The highest BCUT2D eigenvalue weighted by atomic mass is 16.2. The molecule has 1 fully saturated rings. The molecule has 0 unspecified atom stereocenters. The van der Waals surface area contributed by atoms with Crippen LogP contribution in [-0.4, -0.2) is 66.9 Å². The van der Waals surface area contributed by atoms with Crippen LogP contribution in [0.25, 0.3) is 11.2 Å². The maximum absolute atomic E-state index is 12.7. The Labute approximate surface area is 154 Å². The molecular formula is C17H20N8O2. The van der Waals surface area contributed by atoms with Gasteiger partial charge in [-0.1, -0.05) is 0 Å². The van der Waals surface area contributed by atoms with Crippen molar-refractivity contribution in [2.24, 2.45) is 0 Å². The molecule has 0 saturated carbocycles. The second-order valence-corrected chi connectivity index (χ2v) is 6.56. The van der Waals surface area contributed by atoms with Gasteiger partial charge < -0.3 is 19.8 Å². The first-order valence-corrected chi connectivity index (χ1v) is 8.76. The third-order valence-electron chi connectivity index (χ3n) is 4.80. The lowest BCUT2D eigenvalue weighted by molar-refractivity contribution is -0.130. The second kappa shape index (κ2) is 6.78. The van der Waals surface area contributed by atoms with Gasteiger partial charge in [0.15, 0.2) is 11.5 Å². The first-order chi connectivity index (χ1) is 13.0. The molecule has 2 N–H and O–H groups in total. The van der Waals surface area contributed by atoms with Crippen LogP contribution in [-0.2, 0) is 11.2 Å². The van der Waals surface area contributed by atoms with Crippen LogP contribution in [0.4, 0.5) is 5.82 Å². The van der Waals surface area contributed by atoms with Gasteiger partial charge in [0.1, 0.15) is 17.7 Å². The van der Waals surface area contributed by atoms with Crippen molar-refractivity contribution in [1.29, 1.82) is 0 Å². The number of nitrogens with zero attached hydrogens (tertiary/aromatic N) is 6. The summed E-state index contributed by atoms with van der Waals surface area (Å²) in [6.07, 6.45) is 3.15. The third-order valence-corrected chi connectivity index (χ3v) is 4.80. The summed E-state index contributed by atoms with van der Waals surface area (Å²) in [4.78, 5) is 51.3. The van der Waals surface area contributed by atoms with Gasteiger partial charge in [0, 0.05) is 37.4 Å². The Hall–Kier alpha value is -3.30. The van der Waals surface area contributed by atoms with Gasteiger partial charge in [-0.2, -0.15) is 0 Å². The van der Waals surface area contributed by atoms with E-state index in [1.165, 1.54) is 6.33 Å². The first-order valence-electron chi connectivity index (χ1n) is 8.76. The predicted octanol–water partition coefficient (Wildman–Crippen LogP) is -0.0557. The minimum Gasteiger partial charge on any atom is -0.351 e. The molecule has 1 saturated heterocycles. The zero-order valence-electron chi connectivity index (χ0n) is 15.2. The van der Waals surface area contributed by atoms with Gasteiger partial charge in [0.2, 0.25) is 5.91 Å². The quantitative estimate of drug-likeness (QED) is 0.664. The summed E-state index contributed by atoms with van der Waals surface area (Å²) in [5.74, 6) is 1.28. The lowest BCUT2D eigenvalue weighted by Crippen LogP contribution is -2.49.